The predicted octanol–water partition coefficient (Wildman–Crippen LogP) is 3.78. The highest BCUT2D eigenvalue weighted by Crippen LogP contribution is 2.27. The topological polar surface area (TPSA) is 33.2 Å². The third-order valence-corrected chi connectivity index (χ3v) is 4.53. The van der Waals surface area contributed by atoms with Crippen LogP contribution in [0.1, 0.15) is 55.9 Å². The molecule has 0 aliphatic heterocycles. The molecule has 0 aromatic carbocycles. The molecule has 1 heterocycles. The van der Waals surface area contributed by atoms with Crippen molar-refractivity contribution in [3.05, 3.63) is 10.6 Å². The molecule has 102 valence electrons. The van der Waals surface area contributed by atoms with Crippen molar-refractivity contribution in [2.75, 3.05) is 18.0 Å². The lowest BCUT2D eigenvalue weighted by Gasteiger charge is -2.24. The fourth-order valence-electron chi connectivity index (χ4n) is 2.03. The van der Waals surface area contributed by atoms with Crippen LogP contribution in [-0.2, 0) is 6.42 Å². The van der Waals surface area contributed by atoms with Gasteiger partial charge in [-0.25, -0.2) is 4.98 Å². The van der Waals surface area contributed by atoms with Crippen LogP contribution in [0.2, 0.25) is 0 Å². The van der Waals surface area contributed by atoms with Crippen LogP contribution in [0, 0.1) is 5.92 Å². The van der Waals surface area contributed by atoms with Crippen molar-refractivity contribution in [1.29, 1.82) is 0 Å². The number of aromatic nitrogens is 1. The Hall–Kier alpha value is -0.900. The van der Waals surface area contributed by atoms with Crippen LogP contribution in [0.4, 0.5) is 5.13 Å². The molecule has 3 nitrogen and oxygen atoms in total. The first kappa shape index (κ1) is 15.2. The second kappa shape index (κ2) is 7.52. The Morgan fingerprint density at radius 3 is 2.33 bits per heavy atom. The third-order valence-electron chi connectivity index (χ3n) is 3.44. The van der Waals surface area contributed by atoms with Crippen molar-refractivity contribution in [2.24, 2.45) is 5.92 Å². The molecule has 1 aromatic rings. The number of anilines is 1. The fourth-order valence-corrected chi connectivity index (χ4v) is 3.07. The molecule has 0 atom stereocenters. The third kappa shape index (κ3) is 3.55. The average molecular weight is 268 g/mol. The van der Waals surface area contributed by atoms with Gasteiger partial charge in [-0.15, -0.1) is 0 Å². The number of hydrogen-bond acceptors (Lipinski definition) is 4. The number of carbonyl (C=O) groups excluding carboxylic acids is 1. The summed E-state index contributed by atoms with van der Waals surface area (Å²) in [5, 5.41) is 1.00. The molecular formula is C14H24N2OS. The first-order valence-corrected chi connectivity index (χ1v) is 7.71. The maximum atomic E-state index is 11.0. The molecule has 0 saturated carbocycles. The number of carbonyl (C=O) groups is 1. The first-order chi connectivity index (χ1) is 8.69. The van der Waals surface area contributed by atoms with E-state index >= 15 is 0 Å². The summed E-state index contributed by atoms with van der Waals surface area (Å²) in [5.74, 6) is 0.707. The number of thiazole rings is 1. The van der Waals surface area contributed by atoms with E-state index in [9.17, 15) is 4.79 Å². The smallest absolute Gasteiger partial charge is 0.186 e. The molecule has 0 fully saturated rings. The van der Waals surface area contributed by atoms with Crippen LogP contribution in [0.15, 0.2) is 0 Å². The molecule has 0 bridgehead atoms. The molecular weight excluding hydrogens is 244 g/mol. The van der Waals surface area contributed by atoms with Gasteiger partial charge in [-0.2, -0.15) is 0 Å². The van der Waals surface area contributed by atoms with E-state index in [-0.39, 0.29) is 0 Å². The lowest BCUT2D eigenvalue weighted by molar-refractivity contribution is 0.112. The van der Waals surface area contributed by atoms with Crippen LogP contribution in [-0.4, -0.2) is 24.4 Å². The SMILES string of the molecule is CCc1nc(N(CC)CC(CC)CC)sc1C=O. The summed E-state index contributed by atoms with van der Waals surface area (Å²) in [7, 11) is 0. The van der Waals surface area contributed by atoms with Gasteiger partial charge in [0.05, 0.1) is 10.6 Å². The van der Waals surface area contributed by atoms with Gasteiger partial charge in [0.25, 0.3) is 0 Å². The Bertz CT molecular complexity index is 372. The van der Waals surface area contributed by atoms with E-state index < -0.39 is 0 Å². The van der Waals surface area contributed by atoms with Gasteiger partial charge in [0.2, 0.25) is 0 Å². The van der Waals surface area contributed by atoms with Gasteiger partial charge in [-0.05, 0) is 19.3 Å². The zero-order chi connectivity index (χ0) is 13.5. The minimum atomic E-state index is 0.707. The van der Waals surface area contributed by atoms with Crippen molar-refractivity contribution >= 4 is 22.8 Å². The molecule has 0 aliphatic carbocycles. The van der Waals surface area contributed by atoms with Crippen molar-refractivity contribution in [3.8, 4) is 0 Å². The molecule has 0 aliphatic rings. The summed E-state index contributed by atoms with van der Waals surface area (Å²) < 4.78 is 0. The minimum absolute atomic E-state index is 0.707. The van der Waals surface area contributed by atoms with Gasteiger partial charge in [0.1, 0.15) is 0 Å². The Morgan fingerprint density at radius 2 is 1.94 bits per heavy atom. The summed E-state index contributed by atoms with van der Waals surface area (Å²) in [6.07, 6.45) is 4.15. The van der Waals surface area contributed by atoms with E-state index in [1.165, 1.54) is 24.2 Å². The Morgan fingerprint density at radius 1 is 1.28 bits per heavy atom. The normalized spacial score (nSPS) is 10.9. The molecule has 0 spiro atoms. The van der Waals surface area contributed by atoms with Crippen LogP contribution >= 0.6 is 11.3 Å². The van der Waals surface area contributed by atoms with Gasteiger partial charge >= 0.3 is 0 Å². The van der Waals surface area contributed by atoms with E-state index in [2.05, 4.69) is 30.7 Å². The largest absolute Gasteiger partial charge is 0.348 e. The van der Waals surface area contributed by atoms with Gasteiger partial charge in [-0.3, -0.25) is 4.79 Å². The van der Waals surface area contributed by atoms with Gasteiger partial charge in [0.15, 0.2) is 11.4 Å². The molecule has 0 saturated heterocycles. The van der Waals surface area contributed by atoms with Crippen LogP contribution in [0.25, 0.3) is 0 Å². The van der Waals surface area contributed by atoms with E-state index in [0.717, 1.165) is 41.5 Å². The lowest BCUT2D eigenvalue weighted by Crippen LogP contribution is -2.28. The maximum Gasteiger partial charge on any atom is 0.186 e. The number of rotatable bonds is 8. The summed E-state index contributed by atoms with van der Waals surface area (Å²) in [4.78, 5) is 18.7. The zero-order valence-electron chi connectivity index (χ0n) is 11.9. The van der Waals surface area contributed by atoms with Crippen molar-refractivity contribution in [3.63, 3.8) is 0 Å². The van der Waals surface area contributed by atoms with Gasteiger partial charge in [-0.1, -0.05) is 44.9 Å². The monoisotopic (exact) mass is 268 g/mol. The summed E-state index contributed by atoms with van der Waals surface area (Å²) >= 11 is 1.53. The number of aldehydes is 1. The molecule has 1 rings (SSSR count). The van der Waals surface area contributed by atoms with Crippen LogP contribution in [0.5, 0.6) is 0 Å². The van der Waals surface area contributed by atoms with Gasteiger partial charge < -0.3 is 4.90 Å². The summed E-state index contributed by atoms with van der Waals surface area (Å²) in [5.41, 5.74) is 0.938. The second-order valence-electron chi connectivity index (χ2n) is 4.50. The van der Waals surface area contributed by atoms with E-state index in [0.29, 0.717) is 5.92 Å². The lowest BCUT2D eigenvalue weighted by atomic mass is 10.0. The molecule has 0 N–H and O–H groups in total. The first-order valence-electron chi connectivity index (χ1n) is 6.89. The molecule has 0 radical (unpaired) electrons. The maximum absolute atomic E-state index is 11.0. The standard InChI is InChI=1S/C14H24N2OS/c1-5-11(6-2)9-16(8-4)14-15-12(7-3)13(10-17)18-14/h10-11H,5-9H2,1-4H3. The average Bonchev–Trinajstić information content (AvgIpc) is 2.83. The Balaban J connectivity index is 2.87. The Kier molecular flexibility index (Phi) is 6.33. The second-order valence-corrected chi connectivity index (χ2v) is 5.51. The fraction of sp³-hybridized carbons (Fsp3) is 0.714. The summed E-state index contributed by atoms with van der Waals surface area (Å²) in [6.45, 7) is 10.7. The van der Waals surface area contributed by atoms with Gasteiger partial charge in [0, 0.05) is 13.1 Å². The number of aryl methyl sites for hydroxylation is 1. The molecule has 0 unspecified atom stereocenters. The number of hydrogen-bond donors (Lipinski definition) is 0. The highest BCUT2D eigenvalue weighted by molar-refractivity contribution is 7.17. The zero-order valence-corrected chi connectivity index (χ0v) is 12.7. The van der Waals surface area contributed by atoms with Crippen molar-refractivity contribution < 1.29 is 4.79 Å². The molecule has 18 heavy (non-hydrogen) atoms. The van der Waals surface area contributed by atoms with E-state index in [1.807, 2.05) is 6.92 Å². The minimum Gasteiger partial charge on any atom is -0.348 e. The van der Waals surface area contributed by atoms with Crippen molar-refractivity contribution in [1.82, 2.24) is 4.98 Å². The highest BCUT2D eigenvalue weighted by Gasteiger charge is 2.16. The summed E-state index contributed by atoms with van der Waals surface area (Å²) in [6, 6.07) is 0. The number of nitrogens with zero attached hydrogens (tertiary/aromatic N) is 2. The quantitative estimate of drug-likeness (QED) is 0.673. The molecule has 4 heteroatoms. The Labute approximate surface area is 114 Å². The molecule has 0 amide bonds. The molecule has 1 aromatic heterocycles. The van der Waals surface area contributed by atoms with Crippen LogP contribution in [0.3, 0.4) is 0 Å². The van der Waals surface area contributed by atoms with Crippen LogP contribution < -0.4 is 4.90 Å². The highest BCUT2D eigenvalue weighted by atomic mass is 32.1. The van der Waals surface area contributed by atoms with E-state index in [1.54, 1.807) is 0 Å². The predicted molar refractivity (Wildman–Crippen MR) is 78.8 cm³/mol. The van der Waals surface area contributed by atoms with Crippen molar-refractivity contribution in [2.45, 2.75) is 47.0 Å². The van der Waals surface area contributed by atoms with E-state index in [4.69, 9.17) is 0 Å².